The van der Waals surface area contributed by atoms with Crippen molar-refractivity contribution in [3.63, 3.8) is 0 Å². The third-order valence-electron chi connectivity index (χ3n) is 2.04. The molecule has 0 amide bonds. The molecular formula is C10H12Cl3N3O2. The molecule has 0 aliphatic heterocycles. The number of carbonyl (C=O) groups is 1. The van der Waals surface area contributed by atoms with E-state index in [0.717, 1.165) is 0 Å². The Hall–Kier alpha value is -0.750. The highest BCUT2D eigenvalue weighted by atomic mass is 35.5. The van der Waals surface area contributed by atoms with Gasteiger partial charge in [-0.05, 0) is 14.1 Å². The van der Waals surface area contributed by atoms with E-state index in [1.807, 2.05) is 19.0 Å². The quantitative estimate of drug-likeness (QED) is 0.682. The van der Waals surface area contributed by atoms with Crippen LogP contribution in [0.25, 0.3) is 0 Å². The normalized spacial score (nSPS) is 10.8. The molecule has 1 heterocycles. The Labute approximate surface area is 120 Å². The van der Waals surface area contributed by atoms with Gasteiger partial charge < -0.3 is 15.4 Å². The molecule has 18 heavy (non-hydrogen) atoms. The van der Waals surface area contributed by atoms with Crippen molar-refractivity contribution in [2.45, 2.75) is 0 Å². The van der Waals surface area contributed by atoms with Crippen LogP contribution in [0, 0.1) is 0 Å². The minimum atomic E-state index is -0.688. The van der Waals surface area contributed by atoms with E-state index in [1.165, 1.54) is 0 Å². The van der Waals surface area contributed by atoms with Crippen LogP contribution in [0.3, 0.4) is 0 Å². The molecule has 0 unspecified atom stereocenters. The molecule has 2 N–H and O–H groups in total. The number of pyridine rings is 1. The zero-order valence-corrected chi connectivity index (χ0v) is 12.1. The van der Waals surface area contributed by atoms with Crippen molar-refractivity contribution in [1.29, 1.82) is 0 Å². The lowest BCUT2D eigenvalue weighted by atomic mass is 10.3. The number of carbonyl (C=O) groups excluding carboxylic acids is 1. The summed E-state index contributed by atoms with van der Waals surface area (Å²) in [7, 11) is 3.71. The summed E-state index contributed by atoms with van der Waals surface area (Å²) in [4.78, 5) is 17.3. The van der Waals surface area contributed by atoms with Gasteiger partial charge in [-0.15, -0.1) is 0 Å². The third kappa shape index (κ3) is 3.62. The van der Waals surface area contributed by atoms with E-state index in [2.05, 4.69) is 4.98 Å². The van der Waals surface area contributed by atoms with Crippen LogP contribution in [0.2, 0.25) is 15.2 Å². The summed E-state index contributed by atoms with van der Waals surface area (Å²) in [5.41, 5.74) is 5.47. The molecule has 0 aliphatic carbocycles. The second kappa shape index (κ2) is 6.43. The minimum absolute atomic E-state index is 0.0119. The second-order valence-electron chi connectivity index (χ2n) is 3.73. The van der Waals surface area contributed by atoms with E-state index >= 15 is 0 Å². The standard InChI is InChI=1S/C10H12Cl3N3O2/c1-16(2)3-4-18-10(17)8-5(11)7(14)6(12)9(13)15-8/h3-4H2,1-2H3,(H2,14,15). The van der Waals surface area contributed by atoms with Crippen LogP contribution in [0.4, 0.5) is 5.69 Å². The van der Waals surface area contributed by atoms with E-state index in [9.17, 15) is 4.79 Å². The number of hydrogen-bond acceptors (Lipinski definition) is 5. The SMILES string of the molecule is CN(C)CCOC(=O)c1nc(Cl)c(Cl)c(N)c1Cl. The smallest absolute Gasteiger partial charge is 0.358 e. The highest BCUT2D eigenvalue weighted by Gasteiger charge is 2.20. The first-order valence-electron chi connectivity index (χ1n) is 4.96. The number of ether oxygens (including phenoxy) is 1. The van der Waals surface area contributed by atoms with Gasteiger partial charge in [-0.25, -0.2) is 9.78 Å². The van der Waals surface area contributed by atoms with E-state index in [-0.39, 0.29) is 33.2 Å². The Morgan fingerprint density at radius 2 is 1.94 bits per heavy atom. The molecule has 1 aromatic heterocycles. The number of anilines is 1. The largest absolute Gasteiger partial charge is 0.460 e. The molecule has 0 saturated heterocycles. The molecule has 0 saturated carbocycles. The van der Waals surface area contributed by atoms with E-state index in [1.54, 1.807) is 0 Å². The van der Waals surface area contributed by atoms with Crippen LogP contribution in [0.5, 0.6) is 0 Å². The first-order chi connectivity index (χ1) is 8.34. The molecule has 0 radical (unpaired) electrons. The fraction of sp³-hybridized carbons (Fsp3) is 0.400. The number of esters is 1. The van der Waals surface area contributed by atoms with Gasteiger partial charge in [-0.3, -0.25) is 0 Å². The van der Waals surface area contributed by atoms with Crippen molar-refractivity contribution in [1.82, 2.24) is 9.88 Å². The van der Waals surface area contributed by atoms with Crippen LogP contribution >= 0.6 is 34.8 Å². The van der Waals surface area contributed by atoms with Gasteiger partial charge in [0.2, 0.25) is 0 Å². The predicted molar refractivity (Wildman–Crippen MR) is 72.5 cm³/mol. The third-order valence-corrected chi connectivity index (χ3v) is 3.17. The Morgan fingerprint density at radius 1 is 1.33 bits per heavy atom. The molecule has 1 rings (SSSR count). The molecule has 0 atom stereocenters. The first-order valence-corrected chi connectivity index (χ1v) is 6.09. The Balaban J connectivity index is 2.87. The maximum Gasteiger partial charge on any atom is 0.358 e. The van der Waals surface area contributed by atoms with Crippen LogP contribution in [-0.4, -0.2) is 43.1 Å². The molecular weight excluding hydrogens is 300 g/mol. The zero-order chi connectivity index (χ0) is 13.9. The summed E-state index contributed by atoms with van der Waals surface area (Å²) >= 11 is 17.3. The molecule has 0 fully saturated rings. The number of aromatic nitrogens is 1. The first kappa shape index (κ1) is 15.3. The van der Waals surface area contributed by atoms with Crippen molar-refractivity contribution < 1.29 is 9.53 Å². The maximum absolute atomic E-state index is 11.7. The van der Waals surface area contributed by atoms with Crippen LogP contribution in [0.15, 0.2) is 0 Å². The zero-order valence-electron chi connectivity index (χ0n) is 9.84. The predicted octanol–water partition coefficient (Wildman–Crippen LogP) is 2.34. The van der Waals surface area contributed by atoms with Gasteiger partial charge in [0.15, 0.2) is 10.8 Å². The van der Waals surface area contributed by atoms with E-state index in [4.69, 9.17) is 45.3 Å². The highest BCUT2D eigenvalue weighted by molar-refractivity contribution is 6.46. The average molecular weight is 313 g/mol. The van der Waals surface area contributed by atoms with Crippen molar-refractivity contribution in [3.05, 3.63) is 20.9 Å². The Kier molecular flexibility index (Phi) is 5.47. The van der Waals surface area contributed by atoms with E-state index in [0.29, 0.717) is 6.54 Å². The van der Waals surface area contributed by atoms with Gasteiger partial charge in [0, 0.05) is 6.54 Å². The summed E-state index contributed by atoms with van der Waals surface area (Å²) in [6.07, 6.45) is 0. The number of nitrogens with two attached hydrogens (primary N) is 1. The molecule has 8 heteroatoms. The average Bonchev–Trinajstić information content (AvgIpc) is 2.30. The van der Waals surface area contributed by atoms with Gasteiger partial charge in [0.1, 0.15) is 11.6 Å². The molecule has 0 bridgehead atoms. The van der Waals surface area contributed by atoms with Gasteiger partial charge in [0.05, 0.1) is 10.7 Å². The van der Waals surface area contributed by atoms with Crippen molar-refractivity contribution in [2.75, 3.05) is 33.0 Å². The molecule has 0 aliphatic rings. The highest BCUT2D eigenvalue weighted by Crippen LogP contribution is 2.34. The Morgan fingerprint density at radius 3 is 2.50 bits per heavy atom. The number of nitrogen functional groups attached to an aromatic ring is 1. The summed E-state index contributed by atoms with van der Waals surface area (Å²) in [5, 5.41) is -0.121. The number of halogens is 3. The van der Waals surface area contributed by atoms with Gasteiger partial charge in [0.25, 0.3) is 0 Å². The summed E-state index contributed by atoms with van der Waals surface area (Å²) < 4.78 is 4.98. The lowest BCUT2D eigenvalue weighted by Crippen LogP contribution is -2.21. The summed E-state index contributed by atoms with van der Waals surface area (Å²) in [6.45, 7) is 0.796. The molecule has 100 valence electrons. The van der Waals surface area contributed by atoms with Crippen molar-refractivity contribution in [3.8, 4) is 0 Å². The van der Waals surface area contributed by atoms with Crippen molar-refractivity contribution in [2.24, 2.45) is 0 Å². The topological polar surface area (TPSA) is 68.5 Å². The molecule has 0 spiro atoms. The van der Waals surface area contributed by atoms with E-state index < -0.39 is 5.97 Å². The fourth-order valence-electron chi connectivity index (χ4n) is 1.06. The summed E-state index contributed by atoms with van der Waals surface area (Å²) in [5.74, 6) is -0.688. The maximum atomic E-state index is 11.7. The number of rotatable bonds is 4. The molecule has 5 nitrogen and oxygen atoms in total. The number of nitrogens with zero attached hydrogens (tertiary/aromatic N) is 2. The fourth-order valence-corrected chi connectivity index (χ4v) is 1.64. The van der Waals surface area contributed by atoms with Gasteiger partial charge >= 0.3 is 5.97 Å². The monoisotopic (exact) mass is 311 g/mol. The minimum Gasteiger partial charge on any atom is -0.460 e. The Bertz CT molecular complexity index is 466. The van der Waals surface area contributed by atoms with Gasteiger partial charge in [-0.1, -0.05) is 34.8 Å². The number of likely N-dealkylation sites (N-methyl/N-ethyl adjacent to an activating group) is 1. The van der Waals surface area contributed by atoms with Crippen LogP contribution in [0.1, 0.15) is 10.5 Å². The lowest BCUT2D eigenvalue weighted by molar-refractivity contribution is 0.0475. The number of hydrogen-bond donors (Lipinski definition) is 1. The van der Waals surface area contributed by atoms with Crippen molar-refractivity contribution >= 4 is 46.5 Å². The van der Waals surface area contributed by atoms with Gasteiger partial charge in [-0.2, -0.15) is 0 Å². The second-order valence-corrected chi connectivity index (χ2v) is 4.85. The van der Waals surface area contributed by atoms with Crippen LogP contribution in [-0.2, 0) is 4.74 Å². The molecule has 0 aromatic carbocycles. The lowest BCUT2D eigenvalue weighted by Gasteiger charge is -2.11. The van der Waals surface area contributed by atoms with Crippen LogP contribution < -0.4 is 5.73 Å². The summed E-state index contributed by atoms with van der Waals surface area (Å²) in [6, 6.07) is 0. The molecule has 1 aromatic rings.